The number of aromatic nitrogens is 1. The number of nitrogens with one attached hydrogen (secondary N) is 1. The Labute approximate surface area is 207 Å². The number of hydrogen-bond acceptors (Lipinski definition) is 5. The van der Waals surface area contributed by atoms with Crippen molar-refractivity contribution < 1.29 is 27.9 Å². The van der Waals surface area contributed by atoms with E-state index in [0.29, 0.717) is 38.1 Å². The zero-order valence-electron chi connectivity index (χ0n) is 19.8. The van der Waals surface area contributed by atoms with Crippen LogP contribution in [-0.2, 0) is 26.3 Å². The smallest absolute Gasteiger partial charge is 0.325 e. The molecule has 1 N–H and O–H groups in total. The van der Waals surface area contributed by atoms with E-state index in [-0.39, 0.29) is 42.4 Å². The summed E-state index contributed by atoms with van der Waals surface area (Å²) < 4.78 is 33.7. The second-order valence-electron chi connectivity index (χ2n) is 9.56. The number of benzene rings is 1. The van der Waals surface area contributed by atoms with Gasteiger partial charge in [-0.25, -0.2) is 13.6 Å². The molecule has 5 rings (SSSR count). The van der Waals surface area contributed by atoms with Gasteiger partial charge in [0.2, 0.25) is 5.91 Å². The highest BCUT2D eigenvalue weighted by molar-refractivity contribution is 6.07. The number of urea groups is 1. The summed E-state index contributed by atoms with van der Waals surface area (Å²) in [5.41, 5.74) is -0.952. The van der Waals surface area contributed by atoms with Gasteiger partial charge in [-0.15, -0.1) is 0 Å². The fourth-order valence-electron chi connectivity index (χ4n) is 5.58. The van der Waals surface area contributed by atoms with Crippen molar-refractivity contribution in [1.82, 2.24) is 20.1 Å². The Hall–Kier alpha value is -3.40. The molecule has 0 radical (unpaired) electrons. The lowest BCUT2D eigenvalue weighted by Crippen LogP contribution is -2.54. The number of rotatable bonds is 6. The van der Waals surface area contributed by atoms with Crippen LogP contribution in [0.5, 0.6) is 0 Å². The second-order valence-corrected chi connectivity index (χ2v) is 9.56. The fourth-order valence-corrected chi connectivity index (χ4v) is 5.58. The summed E-state index contributed by atoms with van der Waals surface area (Å²) in [6, 6.07) is 6.56. The predicted molar refractivity (Wildman–Crippen MR) is 124 cm³/mol. The molecule has 4 heterocycles. The predicted octanol–water partition coefficient (Wildman–Crippen LogP) is 2.77. The minimum atomic E-state index is -1.29. The third kappa shape index (κ3) is 4.34. The molecule has 2 atom stereocenters. The maximum Gasteiger partial charge on any atom is 0.325 e. The first-order chi connectivity index (χ1) is 17.4. The van der Waals surface area contributed by atoms with Crippen LogP contribution in [0.4, 0.5) is 13.6 Å². The van der Waals surface area contributed by atoms with Crippen molar-refractivity contribution in [3.8, 4) is 0 Å². The number of halogens is 2. The molecule has 0 unspecified atom stereocenters. The van der Waals surface area contributed by atoms with Crippen LogP contribution in [-0.4, -0.2) is 65.0 Å². The van der Waals surface area contributed by atoms with E-state index in [2.05, 4.69) is 10.3 Å². The number of pyridine rings is 1. The topological polar surface area (TPSA) is 91.8 Å². The van der Waals surface area contributed by atoms with E-state index in [4.69, 9.17) is 4.74 Å². The van der Waals surface area contributed by atoms with Crippen molar-refractivity contribution in [2.24, 2.45) is 5.92 Å². The highest BCUT2D eigenvalue weighted by Gasteiger charge is 2.57. The van der Waals surface area contributed by atoms with Crippen molar-refractivity contribution in [2.45, 2.75) is 43.7 Å². The van der Waals surface area contributed by atoms with Gasteiger partial charge >= 0.3 is 6.03 Å². The first-order valence-electron chi connectivity index (χ1n) is 12.3. The van der Waals surface area contributed by atoms with Gasteiger partial charge in [-0.3, -0.25) is 19.5 Å². The number of hydrogen-bond donors (Lipinski definition) is 1. The molecule has 4 amide bonds. The van der Waals surface area contributed by atoms with Crippen LogP contribution >= 0.6 is 0 Å². The van der Waals surface area contributed by atoms with Crippen LogP contribution < -0.4 is 5.32 Å². The summed E-state index contributed by atoms with van der Waals surface area (Å²) in [6.07, 6.45) is 5.19. The van der Waals surface area contributed by atoms with Crippen molar-refractivity contribution in [3.63, 3.8) is 0 Å². The normalized spacial score (nSPS) is 24.9. The Morgan fingerprint density at radius 3 is 2.50 bits per heavy atom. The molecule has 1 aromatic carbocycles. The average molecular weight is 499 g/mol. The summed E-state index contributed by atoms with van der Waals surface area (Å²) in [5, 5.41) is 2.97. The summed E-state index contributed by atoms with van der Waals surface area (Å²) in [5.74, 6) is -2.51. The van der Waals surface area contributed by atoms with Crippen LogP contribution in [0.25, 0.3) is 0 Å². The molecule has 8 nitrogen and oxygen atoms in total. The summed E-state index contributed by atoms with van der Waals surface area (Å²) >= 11 is 0. The molecule has 2 aromatic rings. The zero-order chi connectivity index (χ0) is 25.3. The van der Waals surface area contributed by atoms with Gasteiger partial charge in [0.05, 0.1) is 19.1 Å². The lowest BCUT2D eigenvalue weighted by Gasteiger charge is -2.41. The van der Waals surface area contributed by atoms with Gasteiger partial charge in [-0.1, -0.05) is 12.1 Å². The van der Waals surface area contributed by atoms with Crippen LogP contribution in [0.2, 0.25) is 0 Å². The van der Waals surface area contributed by atoms with E-state index in [1.54, 1.807) is 29.4 Å². The van der Waals surface area contributed by atoms with E-state index >= 15 is 0 Å². The quantitative estimate of drug-likeness (QED) is 0.619. The Balaban J connectivity index is 1.34. The van der Waals surface area contributed by atoms with Crippen LogP contribution in [0.3, 0.4) is 0 Å². The van der Waals surface area contributed by atoms with Gasteiger partial charge in [-0.05, 0) is 49.8 Å². The number of piperidine rings is 1. The van der Waals surface area contributed by atoms with Crippen molar-refractivity contribution in [3.05, 3.63) is 65.5 Å². The number of carbonyl (C=O) groups is 3. The fraction of sp³-hybridized carbons (Fsp3) is 0.462. The Kier molecular flexibility index (Phi) is 6.70. The molecule has 0 bridgehead atoms. The summed E-state index contributed by atoms with van der Waals surface area (Å²) in [4.78, 5) is 46.7. The van der Waals surface area contributed by atoms with Gasteiger partial charge in [0.1, 0.15) is 11.6 Å². The monoisotopic (exact) mass is 498 g/mol. The minimum absolute atomic E-state index is 0.178. The van der Waals surface area contributed by atoms with Gasteiger partial charge in [-0.2, -0.15) is 0 Å². The third-order valence-electron chi connectivity index (χ3n) is 7.51. The van der Waals surface area contributed by atoms with Crippen molar-refractivity contribution >= 4 is 17.8 Å². The van der Waals surface area contributed by atoms with E-state index in [1.807, 2.05) is 0 Å². The van der Waals surface area contributed by atoms with E-state index < -0.39 is 23.2 Å². The zero-order valence-corrected chi connectivity index (χ0v) is 19.8. The number of carbonyl (C=O) groups excluding carboxylic acids is 3. The minimum Gasteiger partial charge on any atom is -0.376 e. The number of imide groups is 1. The first kappa shape index (κ1) is 24.3. The molecule has 10 heteroatoms. The number of amides is 4. The van der Waals surface area contributed by atoms with E-state index in [1.165, 1.54) is 11.0 Å². The number of likely N-dealkylation sites (tertiary alicyclic amines) is 1. The van der Waals surface area contributed by atoms with E-state index in [9.17, 15) is 23.2 Å². The van der Waals surface area contributed by atoms with E-state index in [0.717, 1.165) is 25.0 Å². The largest absolute Gasteiger partial charge is 0.376 e. The SMILES string of the molecule is O=C(Cc1c(F)cccc1F)N1CCC([C@]2(c3cccnc3)NC(=O)N(C[C@@H]3CCCO3)C2=O)CC1. The molecule has 0 spiro atoms. The van der Waals surface area contributed by atoms with Gasteiger partial charge in [0, 0.05) is 43.2 Å². The molecule has 190 valence electrons. The Bertz CT molecular complexity index is 1130. The lowest BCUT2D eigenvalue weighted by atomic mass is 9.73. The number of ether oxygens (including phenoxy) is 1. The first-order valence-corrected chi connectivity index (χ1v) is 12.3. The lowest BCUT2D eigenvalue weighted by molar-refractivity contribution is -0.137. The molecular weight excluding hydrogens is 470 g/mol. The van der Waals surface area contributed by atoms with Crippen LogP contribution in [0.1, 0.15) is 36.8 Å². The van der Waals surface area contributed by atoms with Crippen molar-refractivity contribution in [1.29, 1.82) is 0 Å². The molecular formula is C26H28F2N4O4. The number of nitrogens with zero attached hydrogens (tertiary/aromatic N) is 3. The third-order valence-corrected chi connectivity index (χ3v) is 7.51. The molecule has 0 saturated carbocycles. The molecule has 1 aromatic heterocycles. The molecule has 0 aliphatic carbocycles. The molecule has 3 fully saturated rings. The summed E-state index contributed by atoms with van der Waals surface area (Å²) in [7, 11) is 0. The molecule has 36 heavy (non-hydrogen) atoms. The standard InChI is InChI=1S/C26H28F2N4O4/c27-21-6-1-7-22(28)20(21)14-23(33)31-11-8-17(9-12-31)26(18-4-2-10-29-15-18)24(34)32(25(35)30-26)16-19-5-3-13-36-19/h1-2,4,6-7,10,15,17,19H,3,5,8-9,11-14,16H2,(H,30,35)/t19-,26+/m0/s1. The Morgan fingerprint density at radius 1 is 1.11 bits per heavy atom. The van der Waals surface area contributed by atoms with Crippen LogP contribution in [0.15, 0.2) is 42.7 Å². The molecule has 3 saturated heterocycles. The average Bonchev–Trinajstić information content (AvgIpc) is 3.50. The van der Waals surface area contributed by atoms with Gasteiger partial charge in [0.25, 0.3) is 5.91 Å². The Morgan fingerprint density at radius 2 is 1.86 bits per heavy atom. The summed E-state index contributed by atoms with van der Waals surface area (Å²) in [6.45, 7) is 1.41. The van der Waals surface area contributed by atoms with Crippen molar-refractivity contribution in [2.75, 3.05) is 26.2 Å². The maximum atomic E-state index is 14.0. The molecule has 3 aliphatic heterocycles. The second kappa shape index (κ2) is 9.93. The molecule has 3 aliphatic rings. The van der Waals surface area contributed by atoms with Gasteiger partial charge < -0.3 is 15.0 Å². The van der Waals surface area contributed by atoms with Crippen LogP contribution in [0, 0.1) is 17.6 Å². The van der Waals surface area contributed by atoms with Gasteiger partial charge in [0.15, 0.2) is 5.54 Å². The maximum absolute atomic E-state index is 14.0. The highest BCUT2D eigenvalue weighted by atomic mass is 19.1. The highest BCUT2D eigenvalue weighted by Crippen LogP contribution is 2.41.